The van der Waals surface area contributed by atoms with Gasteiger partial charge in [0.15, 0.2) is 0 Å². The van der Waals surface area contributed by atoms with Crippen LogP contribution in [0.15, 0.2) is 48.5 Å². The lowest BCUT2D eigenvalue weighted by Gasteiger charge is -2.08. The molecule has 1 N–H and O–H groups in total. The molecule has 2 aromatic carbocycles. The molecule has 0 saturated heterocycles. The highest BCUT2D eigenvalue weighted by Gasteiger charge is 2.05. The van der Waals surface area contributed by atoms with Gasteiger partial charge in [0.2, 0.25) is 5.91 Å². The fraction of sp³-hybridized carbons (Fsp3) is 0.278. The van der Waals surface area contributed by atoms with Crippen LogP contribution >= 0.6 is 0 Å². The van der Waals surface area contributed by atoms with E-state index in [2.05, 4.69) is 5.32 Å². The van der Waals surface area contributed by atoms with Crippen molar-refractivity contribution in [2.75, 3.05) is 13.7 Å². The minimum Gasteiger partial charge on any atom is -0.497 e. The molecular weight excluding hydrogens is 262 g/mol. The Morgan fingerprint density at radius 3 is 2.71 bits per heavy atom. The number of amides is 1. The highest BCUT2D eigenvalue weighted by atomic mass is 16.5. The zero-order valence-corrected chi connectivity index (χ0v) is 12.6. The van der Waals surface area contributed by atoms with Crippen LogP contribution in [0.25, 0.3) is 0 Å². The number of benzene rings is 2. The van der Waals surface area contributed by atoms with E-state index in [1.54, 1.807) is 7.11 Å². The van der Waals surface area contributed by atoms with Crippen LogP contribution in [0, 0.1) is 6.92 Å². The Balaban J connectivity index is 1.80. The number of hydrogen-bond donors (Lipinski definition) is 1. The summed E-state index contributed by atoms with van der Waals surface area (Å²) in [6.45, 7) is 2.66. The van der Waals surface area contributed by atoms with Crippen LogP contribution in [0.5, 0.6) is 5.75 Å². The summed E-state index contributed by atoms with van der Waals surface area (Å²) >= 11 is 0. The molecule has 21 heavy (non-hydrogen) atoms. The zero-order chi connectivity index (χ0) is 15.1. The molecule has 2 aromatic rings. The third-order valence-electron chi connectivity index (χ3n) is 3.48. The first-order valence-electron chi connectivity index (χ1n) is 7.13. The Labute approximate surface area is 126 Å². The molecule has 1 amide bonds. The molecule has 0 bridgehead atoms. The number of methoxy groups -OCH3 is 1. The van der Waals surface area contributed by atoms with Crippen molar-refractivity contribution in [3.8, 4) is 5.75 Å². The number of nitrogens with one attached hydrogen (secondary N) is 1. The maximum Gasteiger partial charge on any atom is 0.224 e. The first-order valence-corrected chi connectivity index (χ1v) is 7.13. The Bertz CT molecular complexity index is 608. The van der Waals surface area contributed by atoms with E-state index in [1.165, 1.54) is 0 Å². The highest BCUT2D eigenvalue weighted by Crippen LogP contribution is 2.12. The average molecular weight is 283 g/mol. The molecule has 0 fully saturated rings. The van der Waals surface area contributed by atoms with Crippen molar-refractivity contribution < 1.29 is 9.53 Å². The van der Waals surface area contributed by atoms with Crippen molar-refractivity contribution in [1.82, 2.24) is 5.32 Å². The van der Waals surface area contributed by atoms with Crippen LogP contribution in [0.3, 0.4) is 0 Å². The SMILES string of the molecule is COc1cccc(CCNC(=O)Cc2ccccc2C)c1. The van der Waals surface area contributed by atoms with E-state index in [9.17, 15) is 4.79 Å². The summed E-state index contributed by atoms with van der Waals surface area (Å²) in [5.74, 6) is 0.908. The maximum absolute atomic E-state index is 11.9. The number of aryl methyl sites for hydroxylation is 1. The van der Waals surface area contributed by atoms with E-state index in [0.717, 1.165) is 28.9 Å². The molecule has 0 saturated carbocycles. The first-order chi connectivity index (χ1) is 10.2. The second kappa shape index (κ2) is 7.48. The summed E-state index contributed by atoms with van der Waals surface area (Å²) in [6.07, 6.45) is 1.24. The summed E-state index contributed by atoms with van der Waals surface area (Å²) in [6, 6.07) is 15.9. The van der Waals surface area contributed by atoms with Gasteiger partial charge in [-0.05, 0) is 42.2 Å². The normalized spacial score (nSPS) is 10.2. The van der Waals surface area contributed by atoms with Crippen LogP contribution in [-0.2, 0) is 17.6 Å². The van der Waals surface area contributed by atoms with Crippen LogP contribution in [-0.4, -0.2) is 19.6 Å². The van der Waals surface area contributed by atoms with Crippen LogP contribution < -0.4 is 10.1 Å². The van der Waals surface area contributed by atoms with Gasteiger partial charge in [-0.25, -0.2) is 0 Å². The molecule has 0 aliphatic carbocycles. The summed E-state index contributed by atoms with van der Waals surface area (Å²) < 4.78 is 5.19. The third kappa shape index (κ3) is 4.63. The molecule has 3 nitrogen and oxygen atoms in total. The maximum atomic E-state index is 11.9. The average Bonchev–Trinajstić information content (AvgIpc) is 2.50. The van der Waals surface area contributed by atoms with Gasteiger partial charge < -0.3 is 10.1 Å². The van der Waals surface area contributed by atoms with Gasteiger partial charge in [0.05, 0.1) is 13.5 Å². The highest BCUT2D eigenvalue weighted by molar-refractivity contribution is 5.78. The quantitative estimate of drug-likeness (QED) is 0.885. The lowest BCUT2D eigenvalue weighted by atomic mass is 10.1. The second-order valence-corrected chi connectivity index (χ2v) is 5.05. The lowest BCUT2D eigenvalue weighted by Crippen LogP contribution is -2.27. The molecule has 110 valence electrons. The van der Waals surface area contributed by atoms with E-state index >= 15 is 0 Å². The Morgan fingerprint density at radius 2 is 1.95 bits per heavy atom. The molecule has 0 atom stereocenters. The minimum absolute atomic E-state index is 0.0622. The Morgan fingerprint density at radius 1 is 1.14 bits per heavy atom. The molecular formula is C18H21NO2. The molecule has 2 rings (SSSR count). The van der Waals surface area contributed by atoms with Gasteiger partial charge in [-0.1, -0.05) is 36.4 Å². The molecule has 0 aliphatic rings. The predicted molar refractivity (Wildman–Crippen MR) is 84.6 cm³/mol. The molecule has 0 aromatic heterocycles. The number of ether oxygens (including phenoxy) is 1. The number of hydrogen-bond acceptors (Lipinski definition) is 2. The standard InChI is InChI=1S/C18H21NO2/c1-14-6-3-4-8-16(14)13-18(20)19-11-10-15-7-5-9-17(12-15)21-2/h3-9,12H,10-11,13H2,1-2H3,(H,19,20). The van der Waals surface area contributed by atoms with Gasteiger partial charge in [0.1, 0.15) is 5.75 Å². The van der Waals surface area contributed by atoms with Crippen LogP contribution in [0.2, 0.25) is 0 Å². The number of rotatable bonds is 6. The molecule has 3 heteroatoms. The minimum atomic E-state index is 0.0622. The molecule has 0 radical (unpaired) electrons. The van der Waals surface area contributed by atoms with E-state index in [0.29, 0.717) is 13.0 Å². The fourth-order valence-corrected chi connectivity index (χ4v) is 2.22. The smallest absolute Gasteiger partial charge is 0.224 e. The molecule has 0 spiro atoms. The van der Waals surface area contributed by atoms with E-state index in [-0.39, 0.29) is 5.91 Å². The van der Waals surface area contributed by atoms with Crippen molar-refractivity contribution in [2.24, 2.45) is 0 Å². The zero-order valence-electron chi connectivity index (χ0n) is 12.6. The summed E-state index contributed by atoms with van der Waals surface area (Å²) in [5.41, 5.74) is 3.39. The van der Waals surface area contributed by atoms with Crippen molar-refractivity contribution in [2.45, 2.75) is 19.8 Å². The van der Waals surface area contributed by atoms with E-state index in [1.807, 2.05) is 55.5 Å². The van der Waals surface area contributed by atoms with Gasteiger partial charge in [0.25, 0.3) is 0 Å². The third-order valence-corrected chi connectivity index (χ3v) is 3.48. The summed E-state index contributed by atoms with van der Waals surface area (Å²) in [4.78, 5) is 11.9. The fourth-order valence-electron chi connectivity index (χ4n) is 2.22. The lowest BCUT2D eigenvalue weighted by molar-refractivity contribution is -0.120. The topological polar surface area (TPSA) is 38.3 Å². The van der Waals surface area contributed by atoms with Crippen molar-refractivity contribution in [1.29, 1.82) is 0 Å². The van der Waals surface area contributed by atoms with Crippen LogP contribution in [0.1, 0.15) is 16.7 Å². The molecule has 0 aliphatic heterocycles. The van der Waals surface area contributed by atoms with Crippen molar-refractivity contribution in [3.63, 3.8) is 0 Å². The van der Waals surface area contributed by atoms with Crippen LogP contribution in [0.4, 0.5) is 0 Å². The molecule has 0 heterocycles. The predicted octanol–water partition coefficient (Wildman–Crippen LogP) is 2.91. The second-order valence-electron chi connectivity index (χ2n) is 5.05. The number of carbonyl (C=O) groups is 1. The number of carbonyl (C=O) groups excluding carboxylic acids is 1. The summed E-state index contributed by atoms with van der Waals surface area (Å²) in [5, 5.41) is 2.96. The largest absolute Gasteiger partial charge is 0.497 e. The van der Waals surface area contributed by atoms with Gasteiger partial charge in [-0.3, -0.25) is 4.79 Å². The Hall–Kier alpha value is -2.29. The molecule has 0 unspecified atom stereocenters. The Kier molecular flexibility index (Phi) is 5.38. The van der Waals surface area contributed by atoms with E-state index < -0.39 is 0 Å². The van der Waals surface area contributed by atoms with Gasteiger partial charge in [0, 0.05) is 6.54 Å². The summed E-state index contributed by atoms with van der Waals surface area (Å²) in [7, 11) is 1.66. The monoisotopic (exact) mass is 283 g/mol. The van der Waals surface area contributed by atoms with Gasteiger partial charge in [-0.15, -0.1) is 0 Å². The first kappa shape index (κ1) is 15.1. The van der Waals surface area contributed by atoms with Gasteiger partial charge in [-0.2, -0.15) is 0 Å². The van der Waals surface area contributed by atoms with Crippen molar-refractivity contribution >= 4 is 5.91 Å². The van der Waals surface area contributed by atoms with E-state index in [4.69, 9.17) is 4.74 Å². The van der Waals surface area contributed by atoms with Crippen molar-refractivity contribution in [3.05, 3.63) is 65.2 Å². The van der Waals surface area contributed by atoms with Gasteiger partial charge >= 0.3 is 0 Å².